The molecular formula is C27H30N4O3. The van der Waals surface area contributed by atoms with Gasteiger partial charge in [0.2, 0.25) is 17.7 Å². The number of carbonyl (C=O) groups is 3. The number of benzene rings is 3. The Balaban J connectivity index is 1.46. The van der Waals surface area contributed by atoms with Gasteiger partial charge in [0.25, 0.3) is 0 Å². The number of nitrogens with one attached hydrogen (secondary N) is 4. The molecule has 3 amide bonds. The van der Waals surface area contributed by atoms with Gasteiger partial charge in [-0.15, -0.1) is 0 Å². The third-order valence-corrected chi connectivity index (χ3v) is 5.30. The van der Waals surface area contributed by atoms with E-state index >= 15 is 0 Å². The average molecular weight is 459 g/mol. The third-order valence-electron chi connectivity index (χ3n) is 5.30. The van der Waals surface area contributed by atoms with E-state index in [-0.39, 0.29) is 24.3 Å². The van der Waals surface area contributed by atoms with Crippen LogP contribution in [0.2, 0.25) is 0 Å². The van der Waals surface area contributed by atoms with Crippen LogP contribution in [0.5, 0.6) is 0 Å². The van der Waals surface area contributed by atoms with Crippen molar-refractivity contribution in [2.24, 2.45) is 0 Å². The number of rotatable bonds is 10. The van der Waals surface area contributed by atoms with Gasteiger partial charge in [-0.05, 0) is 60.9 Å². The van der Waals surface area contributed by atoms with Gasteiger partial charge in [-0.3, -0.25) is 14.4 Å². The highest BCUT2D eigenvalue weighted by Gasteiger charge is 2.09. The quantitative estimate of drug-likeness (QED) is 0.345. The first-order chi connectivity index (χ1) is 16.4. The molecule has 0 saturated heterocycles. The molecule has 0 spiro atoms. The van der Waals surface area contributed by atoms with Crippen molar-refractivity contribution in [1.29, 1.82) is 0 Å². The fraction of sp³-hybridized carbons (Fsp3) is 0.222. The zero-order valence-corrected chi connectivity index (χ0v) is 19.5. The van der Waals surface area contributed by atoms with E-state index in [1.54, 1.807) is 31.2 Å². The smallest absolute Gasteiger partial charge is 0.243 e. The second-order valence-corrected chi connectivity index (χ2v) is 7.89. The van der Waals surface area contributed by atoms with Gasteiger partial charge in [0, 0.05) is 35.6 Å². The molecule has 4 N–H and O–H groups in total. The minimum atomic E-state index is -0.206. The Morgan fingerprint density at radius 2 is 1.29 bits per heavy atom. The van der Waals surface area contributed by atoms with E-state index in [9.17, 15) is 14.4 Å². The molecule has 0 aliphatic heterocycles. The predicted octanol–water partition coefficient (Wildman–Crippen LogP) is 4.97. The van der Waals surface area contributed by atoms with Crippen LogP contribution in [0.15, 0.2) is 72.8 Å². The van der Waals surface area contributed by atoms with Crippen LogP contribution in [0, 0.1) is 6.92 Å². The van der Waals surface area contributed by atoms with Crippen molar-refractivity contribution in [2.75, 3.05) is 27.8 Å². The van der Waals surface area contributed by atoms with Crippen LogP contribution in [0.1, 0.15) is 30.9 Å². The standard InChI is InChI=1S/C27H30N4O3/c1-3-25(32)31-24-11-7-10-23(19(24)2)28-18-27(34)30-22-15-13-21(14-16-22)29-26(33)17-12-20-8-5-4-6-9-20/h4-11,13-16,28H,3,12,17-18H2,1-2H3,(H,29,33)(H,30,34)(H,31,32). The Hall–Kier alpha value is -4.13. The Labute approximate surface area is 200 Å². The van der Waals surface area contributed by atoms with Gasteiger partial charge in [-0.25, -0.2) is 0 Å². The number of aryl methyl sites for hydroxylation is 1. The molecule has 0 unspecified atom stereocenters. The van der Waals surface area contributed by atoms with Crippen LogP contribution in [0.3, 0.4) is 0 Å². The molecule has 0 saturated carbocycles. The first kappa shape index (κ1) is 24.5. The Morgan fingerprint density at radius 1 is 0.676 bits per heavy atom. The number of carbonyl (C=O) groups excluding carboxylic acids is 3. The van der Waals surface area contributed by atoms with E-state index in [2.05, 4.69) is 21.3 Å². The molecule has 0 fully saturated rings. The van der Waals surface area contributed by atoms with Gasteiger partial charge in [0.05, 0.1) is 6.54 Å². The molecule has 0 heterocycles. The molecule has 0 aromatic heterocycles. The van der Waals surface area contributed by atoms with Crippen molar-refractivity contribution in [3.05, 3.63) is 83.9 Å². The highest BCUT2D eigenvalue weighted by atomic mass is 16.2. The van der Waals surface area contributed by atoms with Crippen molar-refractivity contribution < 1.29 is 14.4 Å². The van der Waals surface area contributed by atoms with Gasteiger partial charge in [0.15, 0.2) is 0 Å². The number of anilines is 4. The van der Waals surface area contributed by atoms with Crippen molar-refractivity contribution in [3.8, 4) is 0 Å². The highest BCUT2D eigenvalue weighted by Crippen LogP contribution is 2.23. The fourth-order valence-electron chi connectivity index (χ4n) is 3.34. The summed E-state index contributed by atoms with van der Waals surface area (Å²) in [5.74, 6) is -0.326. The van der Waals surface area contributed by atoms with Gasteiger partial charge in [-0.2, -0.15) is 0 Å². The molecular weight excluding hydrogens is 428 g/mol. The van der Waals surface area contributed by atoms with E-state index < -0.39 is 0 Å². The second-order valence-electron chi connectivity index (χ2n) is 7.89. The zero-order valence-electron chi connectivity index (χ0n) is 19.5. The highest BCUT2D eigenvalue weighted by molar-refractivity contribution is 5.95. The van der Waals surface area contributed by atoms with Crippen molar-refractivity contribution >= 4 is 40.5 Å². The maximum Gasteiger partial charge on any atom is 0.243 e. The SMILES string of the molecule is CCC(=O)Nc1cccc(NCC(=O)Nc2ccc(NC(=O)CCc3ccccc3)cc2)c1C. The van der Waals surface area contributed by atoms with Gasteiger partial charge < -0.3 is 21.3 Å². The molecule has 7 nitrogen and oxygen atoms in total. The van der Waals surface area contributed by atoms with E-state index in [0.29, 0.717) is 30.6 Å². The maximum atomic E-state index is 12.4. The van der Waals surface area contributed by atoms with E-state index in [1.807, 2.05) is 55.5 Å². The molecule has 0 atom stereocenters. The van der Waals surface area contributed by atoms with Gasteiger partial charge in [0.1, 0.15) is 0 Å². The van der Waals surface area contributed by atoms with Gasteiger partial charge in [-0.1, -0.05) is 43.3 Å². The first-order valence-electron chi connectivity index (χ1n) is 11.3. The molecule has 3 rings (SSSR count). The van der Waals surface area contributed by atoms with E-state index in [4.69, 9.17) is 0 Å². The molecule has 34 heavy (non-hydrogen) atoms. The summed E-state index contributed by atoms with van der Waals surface area (Å²) in [7, 11) is 0. The fourth-order valence-corrected chi connectivity index (χ4v) is 3.34. The lowest BCUT2D eigenvalue weighted by molar-refractivity contribution is -0.116. The minimum Gasteiger partial charge on any atom is -0.376 e. The van der Waals surface area contributed by atoms with E-state index in [0.717, 1.165) is 22.5 Å². The Kier molecular flexibility index (Phi) is 8.80. The summed E-state index contributed by atoms with van der Waals surface area (Å²) in [4.78, 5) is 36.2. The monoisotopic (exact) mass is 458 g/mol. The van der Waals surface area contributed by atoms with Crippen LogP contribution in [-0.2, 0) is 20.8 Å². The zero-order chi connectivity index (χ0) is 24.3. The lowest BCUT2D eigenvalue weighted by Gasteiger charge is -2.14. The molecule has 0 bridgehead atoms. The minimum absolute atomic E-state index is 0.0578. The molecule has 0 aliphatic carbocycles. The Bertz CT molecular complexity index is 1130. The largest absolute Gasteiger partial charge is 0.376 e. The molecule has 176 valence electrons. The van der Waals surface area contributed by atoms with Gasteiger partial charge >= 0.3 is 0 Å². The number of hydrogen-bond donors (Lipinski definition) is 4. The lowest BCUT2D eigenvalue weighted by atomic mass is 10.1. The van der Waals surface area contributed by atoms with E-state index in [1.165, 1.54) is 0 Å². The topological polar surface area (TPSA) is 99.3 Å². The van der Waals surface area contributed by atoms with Crippen LogP contribution in [0.4, 0.5) is 22.7 Å². The van der Waals surface area contributed by atoms with Crippen LogP contribution >= 0.6 is 0 Å². The molecule has 0 aliphatic rings. The molecule has 7 heteroatoms. The summed E-state index contributed by atoms with van der Waals surface area (Å²) < 4.78 is 0. The Morgan fingerprint density at radius 3 is 1.94 bits per heavy atom. The predicted molar refractivity (Wildman–Crippen MR) is 137 cm³/mol. The van der Waals surface area contributed by atoms with Crippen molar-refractivity contribution in [3.63, 3.8) is 0 Å². The summed E-state index contributed by atoms with van der Waals surface area (Å²) in [6.07, 6.45) is 1.48. The third kappa shape index (κ3) is 7.48. The first-order valence-corrected chi connectivity index (χ1v) is 11.3. The molecule has 3 aromatic rings. The summed E-state index contributed by atoms with van der Waals surface area (Å²) in [6, 6.07) is 22.4. The van der Waals surface area contributed by atoms with Crippen LogP contribution in [0.25, 0.3) is 0 Å². The summed E-state index contributed by atoms with van der Waals surface area (Å²) in [6.45, 7) is 3.76. The maximum absolute atomic E-state index is 12.4. The van der Waals surface area contributed by atoms with Crippen LogP contribution < -0.4 is 21.3 Å². The number of amides is 3. The summed E-state index contributed by atoms with van der Waals surface area (Å²) in [5.41, 5.74) is 4.79. The lowest BCUT2D eigenvalue weighted by Crippen LogP contribution is -2.22. The molecule has 0 radical (unpaired) electrons. The molecule has 3 aromatic carbocycles. The average Bonchev–Trinajstić information content (AvgIpc) is 2.85. The summed E-state index contributed by atoms with van der Waals surface area (Å²) >= 11 is 0. The normalized spacial score (nSPS) is 10.3. The van der Waals surface area contributed by atoms with Crippen molar-refractivity contribution in [1.82, 2.24) is 0 Å². The number of hydrogen-bond acceptors (Lipinski definition) is 4. The van der Waals surface area contributed by atoms with Crippen LogP contribution in [-0.4, -0.2) is 24.3 Å². The van der Waals surface area contributed by atoms with Crippen molar-refractivity contribution in [2.45, 2.75) is 33.1 Å². The summed E-state index contributed by atoms with van der Waals surface area (Å²) in [5, 5.41) is 11.7. The second kappa shape index (κ2) is 12.2.